The quantitative estimate of drug-likeness (QED) is 0.0199. The zero-order valence-electron chi connectivity index (χ0n) is 66.9. The highest BCUT2D eigenvalue weighted by atomic mass is 16.8. The minimum Gasteiger partial charge on any atom is -0.394 e. The third-order valence-corrected chi connectivity index (χ3v) is 21.2. The van der Waals surface area contributed by atoms with Crippen LogP contribution in [0.2, 0.25) is 0 Å². The smallest absolute Gasteiger partial charge is 0.220 e. The van der Waals surface area contributed by atoms with Gasteiger partial charge in [0.2, 0.25) is 5.91 Å². The van der Waals surface area contributed by atoms with Gasteiger partial charge in [-0.05, 0) is 70.6 Å². The first-order valence-corrected chi connectivity index (χ1v) is 43.3. The lowest BCUT2D eigenvalue weighted by Gasteiger charge is -2.48. The van der Waals surface area contributed by atoms with E-state index in [-0.39, 0.29) is 18.9 Å². The zero-order chi connectivity index (χ0) is 77.4. The molecule has 107 heavy (non-hydrogen) atoms. The molecule has 3 rings (SSSR count). The van der Waals surface area contributed by atoms with Crippen LogP contribution in [-0.4, -0.2) is 193 Å². The second-order valence-electron chi connectivity index (χ2n) is 30.6. The van der Waals surface area contributed by atoms with Gasteiger partial charge in [0.15, 0.2) is 18.9 Å². The molecule has 17 unspecified atom stereocenters. The molecule has 0 bridgehead atoms. The van der Waals surface area contributed by atoms with Crippen LogP contribution in [0.4, 0.5) is 0 Å². The fraction of sp³-hybridized carbons (Fsp3) is 0.830. The predicted molar refractivity (Wildman–Crippen MR) is 429 cm³/mol. The van der Waals surface area contributed by atoms with Crippen LogP contribution in [-0.2, 0) is 33.2 Å². The van der Waals surface area contributed by atoms with E-state index in [1.165, 1.54) is 186 Å². The Hall–Kier alpha value is -3.03. The van der Waals surface area contributed by atoms with Gasteiger partial charge in [0.1, 0.15) is 73.2 Å². The molecule has 0 spiro atoms. The second kappa shape index (κ2) is 67.5. The van der Waals surface area contributed by atoms with E-state index in [1.54, 1.807) is 0 Å². The molecular formula is C88H157NO18. The van der Waals surface area contributed by atoms with Gasteiger partial charge >= 0.3 is 0 Å². The van der Waals surface area contributed by atoms with E-state index in [0.717, 1.165) is 116 Å². The van der Waals surface area contributed by atoms with Crippen LogP contribution < -0.4 is 5.32 Å². The Labute approximate surface area is 648 Å². The van der Waals surface area contributed by atoms with Crippen LogP contribution in [0.5, 0.6) is 0 Å². The Morgan fingerprint density at radius 3 is 1.01 bits per heavy atom. The summed E-state index contributed by atoms with van der Waals surface area (Å²) >= 11 is 0. The van der Waals surface area contributed by atoms with Gasteiger partial charge < -0.3 is 89.9 Å². The molecule has 0 aromatic heterocycles. The van der Waals surface area contributed by atoms with Gasteiger partial charge in [-0.25, -0.2) is 0 Å². The number of carbonyl (C=O) groups excluding carboxylic acids is 1. The molecule has 19 nitrogen and oxygen atoms in total. The maximum atomic E-state index is 13.5. The number of aliphatic hydroxyl groups excluding tert-OH is 11. The van der Waals surface area contributed by atoms with Gasteiger partial charge in [0, 0.05) is 6.42 Å². The van der Waals surface area contributed by atoms with Gasteiger partial charge in [-0.2, -0.15) is 0 Å². The average molecular weight is 1520 g/mol. The number of hydrogen-bond donors (Lipinski definition) is 12. The highest BCUT2D eigenvalue weighted by Gasteiger charge is 2.54. The van der Waals surface area contributed by atoms with E-state index < -0.39 is 124 Å². The molecule has 17 atom stereocenters. The van der Waals surface area contributed by atoms with E-state index in [1.807, 2.05) is 0 Å². The summed E-state index contributed by atoms with van der Waals surface area (Å²) < 4.78 is 34.6. The predicted octanol–water partition coefficient (Wildman–Crippen LogP) is 15.7. The third-order valence-electron chi connectivity index (χ3n) is 21.2. The van der Waals surface area contributed by atoms with Crippen molar-refractivity contribution in [1.82, 2.24) is 5.32 Å². The van der Waals surface area contributed by atoms with Crippen molar-refractivity contribution in [3.8, 4) is 0 Å². The highest BCUT2D eigenvalue weighted by molar-refractivity contribution is 5.76. The fourth-order valence-electron chi connectivity index (χ4n) is 14.4. The monoisotopic (exact) mass is 1520 g/mol. The Morgan fingerprint density at radius 2 is 0.645 bits per heavy atom. The van der Waals surface area contributed by atoms with Crippen molar-refractivity contribution < 1.29 is 89.4 Å². The summed E-state index contributed by atoms with van der Waals surface area (Å²) in [6, 6.07) is -0.902. The van der Waals surface area contributed by atoms with Crippen molar-refractivity contribution in [2.24, 2.45) is 0 Å². The minimum atomic E-state index is -1.98. The SMILES string of the molecule is CC/C=C\C/C=C\C/C=C\C/C=C\C/C=C\C/C=C\C/C=C\CCCCCCCCCC(=O)NC(COC1OC(CO)C(OC2OC(CO)C(OC3OC(CO)C(O)C(O)C3O)C(O)C2O)C(O)C1O)C(O)CCCCCCCCCCCCCCCCCCCCCCCCCCCCCCCCCCC. The van der Waals surface area contributed by atoms with Crippen LogP contribution in [0.15, 0.2) is 85.1 Å². The normalized spacial score (nSPS) is 25.9. The average Bonchev–Trinajstić information content (AvgIpc) is 0.781. The number of allylic oxidation sites excluding steroid dienone is 14. The maximum Gasteiger partial charge on any atom is 0.220 e. The third kappa shape index (κ3) is 46.7. The lowest BCUT2D eigenvalue weighted by Crippen LogP contribution is -2.66. The molecule has 3 saturated heterocycles. The molecule has 12 N–H and O–H groups in total. The molecule has 19 heteroatoms. The zero-order valence-corrected chi connectivity index (χ0v) is 66.9. The molecule has 3 aliphatic heterocycles. The molecule has 0 aliphatic carbocycles. The first-order valence-electron chi connectivity index (χ1n) is 43.3. The number of rotatable bonds is 69. The van der Waals surface area contributed by atoms with E-state index in [4.69, 9.17) is 28.4 Å². The maximum absolute atomic E-state index is 13.5. The van der Waals surface area contributed by atoms with Crippen LogP contribution in [0.3, 0.4) is 0 Å². The summed E-state index contributed by atoms with van der Waals surface area (Å²) in [5, 5.41) is 121. The van der Waals surface area contributed by atoms with Crippen LogP contribution in [0, 0.1) is 0 Å². The topological polar surface area (TPSA) is 307 Å². The molecule has 622 valence electrons. The summed E-state index contributed by atoms with van der Waals surface area (Å²) in [5.74, 6) is -0.253. The first-order chi connectivity index (χ1) is 52.3. The Bertz CT molecular complexity index is 2260. The molecule has 3 fully saturated rings. The number of aliphatic hydroxyl groups is 11. The number of nitrogens with one attached hydrogen (secondary N) is 1. The Morgan fingerprint density at radius 1 is 0.346 bits per heavy atom. The summed E-state index contributed by atoms with van der Waals surface area (Å²) in [5.41, 5.74) is 0. The minimum absolute atomic E-state index is 0.249. The number of hydrogen-bond acceptors (Lipinski definition) is 18. The molecule has 3 aliphatic rings. The molecule has 0 saturated carbocycles. The van der Waals surface area contributed by atoms with Crippen molar-refractivity contribution in [1.29, 1.82) is 0 Å². The largest absolute Gasteiger partial charge is 0.394 e. The van der Waals surface area contributed by atoms with E-state index >= 15 is 0 Å². The highest BCUT2D eigenvalue weighted by Crippen LogP contribution is 2.33. The lowest BCUT2D eigenvalue weighted by atomic mass is 9.96. The van der Waals surface area contributed by atoms with Crippen molar-refractivity contribution in [2.75, 3.05) is 26.4 Å². The fourth-order valence-corrected chi connectivity index (χ4v) is 14.4. The molecule has 1 amide bonds. The standard InChI is InChI=1S/C88H157NO18/c1-3-5-7-9-11-13-15-17-19-21-23-25-27-29-31-33-34-35-36-38-39-41-43-45-47-49-51-53-55-57-59-61-63-65-72(93)71(89-76(94)66-64-62-60-58-56-54-52-50-48-46-44-42-40-37-32-30-28-26-24-22-20-18-16-14-12-10-8-6-4-2)70-102-86-82(100)79(97)84(74(68-91)104-86)107-88-83(101)80(98)85(75(69-92)105-88)106-87-81(99)78(96)77(95)73(67-90)103-87/h6,8,12,14,18,20,24,26,30,32,40,42,46,48,71-75,77-88,90-93,95-101H,3-5,7,9-11,13,15-17,19,21-23,25,27-29,31,33-39,41,43-45,47,49-70H2,1-2H3,(H,89,94)/b8-6-,14-12-,20-18-,26-24-,32-30-,42-40-,48-46-. The van der Waals surface area contributed by atoms with E-state index in [9.17, 15) is 61.0 Å². The van der Waals surface area contributed by atoms with Crippen molar-refractivity contribution in [3.63, 3.8) is 0 Å². The van der Waals surface area contributed by atoms with Crippen molar-refractivity contribution >= 4 is 5.91 Å². The van der Waals surface area contributed by atoms with Crippen molar-refractivity contribution in [3.05, 3.63) is 85.1 Å². The van der Waals surface area contributed by atoms with Gasteiger partial charge in [-0.15, -0.1) is 0 Å². The van der Waals surface area contributed by atoms with E-state index in [0.29, 0.717) is 12.8 Å². The first kappa shape index (κ1) is 98.2. The number of carbonyl (C=O) groups is 1. The number of unbranched alkanes of at least 4 members (excludes halogenated alkanes) is 39. The van der Waals surface area contributed by atoms with Crippen LogP contribution >= 0.6 is 0 Å². The summed E-state index contributed by atoms with van der Waals surface area (Å²) in [4.78, 5) is 13.5. The van der Waals surface area contributed by atoms with Gasteiger partial charge in [-0.3, -0.25) is 4.79 Å². The van der Waals surface area contributed by atoms with Crippen LogP contribution in [0.25, 0.3) is 0 Å². The number of amides is 1. The lowest BCUT2D eigenvalue weighted by molar-refractivity contribution is -0.379. The van der Waals surface area contributed by atoms with Gasteiger partial charge in [-0.1, -0.05) is 343 Å². The van der Waals surface area contributed by atoms with Crippen LogP contribution in [0.1, 0.15) is 335 Å². The van der Waals surface area contributed by atoms with E-state index in [2.05, 4.69) is 104 Å². The van der Waals surface area contributed by atoms with Gasteiger partial charge in [0.05, 0.1) is 38.6 Å². The molecule has 0 aromatic rings. The molecule has 0 radical (unpaired) electrons. The molecular weight excluding hydrogens is 1360 g/mol. The Balaban J connectivity index is 1.35. The second-order valence-corrected chi connectivity index (χ2v) is 30.6. The Kier molecular flexibility index (Phi) is 61.9. The van der Waals surface area contributed by atoms with Crippen molar-refractivity contribution in [2.45, 2.75) is 439 Å². The van der Waals surface area contributed by atoms with Gasteiger partial charge in [0.25, 0.3) is 0 Å². The summed E-state index contributed by atoms with van der Waals surface area (Å²) in [6.07, 6.45) is 63.9. The molecule has 0 aromatic carbocycles. The molecule has 3 heterocycles. The number of ether oxygens (including phenoxy) is 6. The summed E-state index contributed by atoms with van der Waals surface area (Å²) in [7, 11) is 0. The summed E-state index contributed by atoms with van der Waals surface area (Å²) in [6.45, 7) is 1.72.